The Morgan fingerprint density at radius 1 is 1.08 bits per heavy atom. The van der Waals surface area contributed by atoms with E-state index >= 15 is 0 Å². The van der Waals surface area contributed by atoms with Crippen LogP contribution in [0.25, 0.3) is 0 Å². The summed E-state index contributed by atoms with van der Waals surface area (Å²) in [5, 5.41) is -1.52. The molecule has 0 aliphatic carbocycles. The smallest absolute Gasteiger partial charge is 0.356 e. The number of ether oxygens (including phenoxy) is 2. The largest absolute Gasteiger partial charge is 0.375 e. The quantitative estimate of drug-likeness (QED) is 0.408. The Morgan fingerprint density at radius 2 is 1.56 bits per heavy atom. The summed E-state index contributed by atoms with van der Waals surface area (Å²) >= 11 is 0. The third-order valence-corrected chi connectivity index (χ3v) is 6.55. The summed E-state index contributed by atoms with van der Waals surface area (Å²) < 4.78 is 23.4. The van der Waals surface area contributed by atoms with E-state index in [-0.39, 0.29) is 11.5 Å². The summed E-state index contributed by atoms with van der Waals surface area (Å²) in [5.41, 5.74) is -0.691. The van der Waals surface area contributed by atoms with Crippen molar-refractivity contribution in [3.8, 4) is 0 Å². The summed E-state index contributed by atoms with van der Waals surface area (Å²) in [6.45, 7) is 21.9. The van der Waals surface area contributed by atoms with E-state index in [2.05, 4.69) is 27.4 Å². The van der Waals surface area contributed by atoms with Gasteiger partial charge in [-0.05, 0) is 52.9 Å². The first kappa shape index (κ1) is 24.8. The van der Waals surface area contributed by atoms with Gasteiger partial charge < -0.3 is 19.3 Å². The Balaban J connectivity index is 5.07. The van der Waals surface area contributed by atoms with E-state index in [1.165, 1.54) is 13.8 Å². The molecule has 0 amide bonds. The van der Waals surface area contributed by atoms with Crippen molar-refractivity contribution >= 4 is 7.60 Å². The molecule has 0 aromatic heterocycles. The van der Waals surface area contributed by atoms with Crippen molar-refractivity contribution in [2.45, 2.75) is 92.2 Å². The van der Waals surface area contributed by atoms with Gasteiger partial charge in [-0.1, -0.05) is 33.8 Å². The molecule has 0 aromatic carbocycles. The zero-order valence-electron chi connectivity index (χ0n) is 17.5. The second kappa shape index (κ2) is 8.22. The van der Waals surface area contributed by atoms with Crippen LogP contribution >= 0.6 is 7.60 Å². The second-order valence-corrected chi connectivity index (χ2v) is 11.6. The molecule has 0 aliphatic rings. The Morgan fingerprint density at radius 3 is 1.92 bits per heavy atom. The van der Waals surface area contributed by atoms with Gasteiger partial charge in [-0.3, -0.25) is 4.57 Å². The van der Waals surface area contributed by atoms with Crippen molar-refractivity contribution in [2.75, 3.05) is 6.61 Å². The van der Waals surface area contributed by atoms with Crippen LogP contribution < -0.4 is 0 Å². The molecule has 0 aliphatic heterocycles. The van der Waals surface area contributed by atoms with Crippen LogP contribution in [0.4, 0.5) is 0 Å². The molecule has 5 nitrogen and oxygen atoms in total. The van der Waals surface area contributed by atoms with Crippen LogP contribution in [-0.4, -0.2) is 33.4 Å². The van der Waals surface area contributed by atoms with Crippen LogP contribution in [-0.2, 0) is 14.0 Å². The van der Waals surface area contributed by atoms with Gasteiger partial charge in [-0.2, -0.15) is 0 Å². The van der Waals surface area contributed by atoms with E-state index in [0.717, 1.165) is 6.42 Å². The van der Waals surface area contributed by atoms with Gasteiger partial charge in [0, 0.05) is 12.0 Å². The van der Waals surface area contributed by atoms with Gasteiger partial charge in [0.05, 0.1) is 11.7 Å². The molecule has 0 radical (unpaired) electrons. The van der Waals surface area contributed by atoms with E-state index in [1.807, 2.05) is 33.8 Å². The predicted molar refractivity (Wildman–Crippen MR) is 104 cm³/mol. The van der Waals surface area contributed by atoms with Crippen molar-refractivity contribution in [1.82, 2.24) is 0 Å². The van der Waals surface area contributed by atoms with E-state index < -0.39 is 24.0 Å². The molecule has 2 N–H and O–H groups in total. The summed E-state index contributed by atoms with van der Waals surface area (Å²) in [6.07, 6.45) is 2.98. The zero-order valence-corrected chi connectivity index (χ0v) is 18.4. The normalized spacial score (nSPS) is 17.9. The van der Waals surface area contributed by atoms with E-state index in [0.29, 0.717) is 13.0 Å². The molecular formula is C19H39O5P. The lowest BCUT2D eigenvalue weighted by molar-refractivity contribution is -0.117. The fourth-order valence-electron chi connectivity index (χ4n) is 2.55. The highest BCUT2D eigenvalue weighted by Gasteiger charge is 2.44. The maximum absolute atomic E-state index is 11.6. The molecule has 6 heteroatoms. The van der Waals surface area contributed by atoms with Gasteiger partial charge in [0.1, 0.15) is 0 Å². The Hall–Kier alpha value is -0.190. The molecule has 25 heavy (non-hydrogen) atoms. The fraction of sp³-hybridized carbons (Fsp3) is 0.895. The average molecular weight is 378 g/mol. The predicted octanol–water partition coefficient (Wildman–Crippen LogP) is 5.12. The van der Waals surface area contributed by atoms with Gasteiger partial charge in [0.2, 0.25) is 0 Å². The molecule has 2 atom stereocenters. The summed E-state index contributed by atoms with van der Waals surface area (Å²) in [7, 11) is -4.35. The van der Waals surface area contributed by atoms with Crippen LogP contribution in [0.2, 0.25) is 0 Å². The van der Waals surface area contributed by atoms with Gasteiger partial charge in [-0.15, -0.1) is 6.58 Å². The third-order valence-electron chi connectivity index (χ3n) is 5.04. The maximum Gasteiger partial charge on any atom is 0.356 e. The molecule has 0 aromatic rings. The van der Waals surface area contributed by atoms with E-state index in [1.54, 1.807) is 0 Å². The molecular weight excluding hydrogens is 339 g/mol. The van der Waals surface area contributed by atoms with Gasteiger partial charge in [-0.25, -0.2) is 0 Å². The lowest BCUT2D eigenvalue weighted by Gasteiger charge is -2.44. The number of rotatable bonds is 10. The third kappa shape index (κ3) is 7.52. The average Bonchev–Trinajstić information content (AvgIpc) is 2.34. The minimum Gasteiger partial charge on any atom is -0.375 e. The van der Waals surface area contributed by atoms with Crippen molar-refractivity contribution in [1.29, 1.82) is 0 Å². The Bertz CT molecular complexity index is 487. The molecule has 0 saturated heterocycles. The standard InChI is InChI=1S/C19H39O5P/c1-11-19(10,17(6,7)23-13-12-16(3,4)5)14-15(2)24-18(8,9)25(20,21)22/h11,15H,1,12-14H2,2-10H3,(H2,20,21,22). The lowest BCUT2D eigenvalue weighted by Crippen LogP contribution is -2.45. The Kier molecular flexibility index (Phi) is 8.16. The van der Waals surface area contributed by atoms with Crippen LogP contribution in [0.3, 0.4) is 0 Å². The zero-order chi connectivity index (χ0) is 20.3. The highest BCUT2D eigenvalue weighted by atomic mass is 31.2. The van der Waals surface area contributed by atoms with Crippen LogP contribution in [0.5, 0.6) is 0 Å². The molecule has 0 saturated carbocycles. The maximum atomic E-state index is 11.6. The lowest BCUT2D eigenvalue weighted by atomic mass is 9.71. The molecule has 0 heterocycles. The van der Waals surface area contributed by atoms with Crippen molar-refractivity contribution in [3.05, 3.63) is 12.7 Å². The monoisotopic (exact) mass is 378 g/mol. The SMILES string of the molecule is C=CC(C)(CC(C)OC(C)(C)P(=O)(O)O)C(C)(C)OCCC(C)(C)C. The topological polar surface area (TPSA) is 76.0 Å². The van der Waals surface area contributed by atoms with Crippen LogP contribution in [0, 0.1) is 10.8 Å². The van der Waals surface area contributed by atoms with Gasteiger partial charge in [0.25, 0.3) is 0 Å². The van der Waals surface area contributed by atoms with Gasteiger partial charge in [0.15, 0.2) is 5.34 Å². The van der Waals surface area contributed by atoms with Crippen LogP contribution in [0.1, 0.15) is 75.2 Å². The highest BCUT2D eigenvalue weighted by Crippen LogP contribution is 2.52. The van der Waals surface area contributed by atoms with Crippen molar-refractivity contribution in [2.24, 2.45) is 10.8 Å². The highest BCUT2D eigenvalue weighted by molar-refractivity contribution is 7.53. The molecule has 0 rings (SSSR count). The first-order chi connectivity index (χ1) is 10.9. The molecule has 150 valence electrons. The molecule has 0 bridgehead atoms. The summed E-state index contributed by atoms with van der Waals surface area (Å²) in [5.74, 6) is 0. The number of hydrogen-bond donors (Lipinski definition) is 2. The molecule has 0 spiro atoms. The Labute approximate surface area is 154 Å². The second-order valence-electron chi connectivity index (χ2n) is 9.41. The van der Waals surface area contributed by atoms with Crippen molar-refractivity contribution in [3.63, 3.8) is 0 Å². The summed E-state index contributed by atoms with van der Waals surface area (Å²) in [4.78, 5) is 18.9. The minimum absolute atomic E-state index is 0.199. The van der Waals surface area contributed by atoms with E-state index in [4.69, 9.17) is 9.47 Å². The van der Waals surface area contributed by atoms with Gasteiger partial charge >= 0.3 is 7.60 Å². The molecule has 2 unspecified atom stereocenters. The van der Waals surface area contributed by atoms with E-state index in [9.17, 15) is 14.4 Å². The number of hydrogen-bond acceptors (Lipinski definition) is 3. The fourth-order valence-corrected chi connectivity index (χ4v) is 2.87. The molecule has 0 fully saturated rings. The first-order valence-corrected chi connectivity index (χ1v) is 10.5. The van der Waals surface area contributed by atoms with Crippen LogP contribution in [0.15, 0.2) is 12.7 Å². The minimum atomic E-state index is -4.35. The van der Waals surface area contributed by atoms with Crippen molar-refractivity contribution < 1.29 is 23.8 Å². The summed E-state index contributed by atoms with van der Waals surface area (Å²) in [6, 6.07) is 0. The first-order valence-electron chi connectivity index (χ1n) is 8.88.